The maximum absolute atomic E-state index is 12.7. The molecule has 172 valence electrons. The molecule has 5 rings (SSSR count). The van der Waals surface area contributed by atoms with Gasteiger partial charge in [-0.2, -0.15) is 0 Å². The van der Waals surface area contributed by atoms with Gasteiger partial charge in [0.05, 0.1) is 24.6 Å². The van der Waals surface area contributed by atoms with Gasteiger partial charge in [-0.15, -0.1) is 0 Å². The molecule has 3 aromatic carbocycles. The number of fused-ring (bicyclic) bond motifs is 1. The molecule has 1 fully saturated rings. The molecule has 1 N–H and O–H groups in total. The summed E-state index contributed by atoms with van der Waals surface area (Å²) in [5, 5.41) is 2.98. The molecule has 2 aliphatic rings. The molecular weight excluding hydrogens is 426 g/mol. The minimum atomic E-state index is -0.133. The Morgan fingerprint density at radius 3 is 2.56 bits per heavy atom. The molecule has 0 saturated carbocycles. The van der Waals surface area contributed by atoms with Crippen LogP contribution >= 0.6 is 0 Å². The fourth-order valence-corrected chi connectivity index (χ4v) is 4.18. The molecule has 0 atom stereocenters. The summed E-state index contributed by atoms with van der Waals surface area (Å²) in [7, 11) is 0. The Balaban J connectivity index is 1.21. The lowest BCUT2D eigenvalue weighted by atomic mass is 10.0. The van der Waals surface area contributed by atoms with Crippen LogP contribution in [0.3, 0.4) is 0 Å². The van der Waals surface area contributed by atoms with Gasteiger partial charge in [0.1, 0.15) is 12.4 Å². The van der Waals surface area contributed by atoms with Gasteiger partial charge in [-0.3, -0.25) is 9.79 Å². The van der Waals surface area contributed by atoms with Crippen molar-refractivity contribution in [3.63, 3.8) is 0 Å². The summed E-state index contributed by atoms with van der Waals surface area (Å²) in [5.41, 5.74) is 6.62. The summed E-state index contributed by atoms with van der Waals surface area (Å²) >= 11 is 0. The molecule has 6 nitrogen and oxygen atoms in total. The molecule has 0 spiro atoms. The quantitative estimate of drug-likeness (QED) is 0.511. The number of hydrogen-bond acceptors (Lipinski definition) is 5. The fraction of sp³-hybridized carbons (Fsp3) is 0.214. The van der Waals surface area contributed by atoms with Gasteiger partial charge < -0.3 is 19.7 Å². The molecule has 34 heavy (non-hydrogen) atoms. The third kappa shape index (κ3) is 4.87. The highest BCUT2D eigenvalue weighted by Gasteiger charge is 2.18. The van der Waals surface area contributed by atoms with Crippen molar-refractivity contribution in [1.29, 1.82) is 0 Å². The van der Waals surface area contributed by atoms with E-state index in [0.717, 1.165) is 72.4 Å². The normalized spacial score (nSPS) is 14.8. The van der Waals surface area contributed by atoms with Crippen molar-refractivity contribution in [2.24, 2.45) is 4.99 Å². The summed E-state index contributed by atoms with van der Waals surface area (Å²) < 4.78 is 11.0. The third-order valence-electron chi connectivity index (χ3n) is 6.01. The SMILES string of the molecule is C=CCOc1ccc2c(c1)CC(c1ccc(C(=O)Nc3ccc(N4CCOCC4)cc3)cc1)=N2. The Morgan fingerprint density at radius 2 is 1.82 bits per heavy atom. The number of nitrogens with one attached hydrogen (secondary N) is 1. The highest BCUT2D eigenvalue weighted by molar-refractivity contribution is 6.08. The lowest BCUT2D eigenvalue weighted by molar-refractivity contribution is 0.102. The first-order chi connectivity index (χ1) is 16.7. The highest BCUT2D eigenvalue weighted by atomic mass is 16.5. The number of benzene rings is 3. The summed E-state index contributed by atoms with van der Waals surface area (Å²) in [6, 6.07) is 21.5. The Bertz CT molecular complexity index is 1210. The molecule has 0 unspecified atom stereocenters. The van der Waals surface area contributed by atoms with Crippen molar-refractivity contribution in [2.45, 2.75) is 6.42 Å². The number of anilines is 2. The van der Waals surface area contributed by atoms with Crippen LogP contribution in [-0.4, -0.2) is 44.5 Å². The number of morpholine rings is 1. The van der Waals surface area contributed by atoms with Gasteiger partial charge in [-0.1, -0.05) is 24.8 Å². The summed E-state index contributed by atoms with van der Waals surface area (Å²) in [6.45, 7) is 7.43. The second kappa shape index (κ2) is 9.93. The van der Waals surface area contributed by atoms with Gasteiger partial charge in [0, 0.05) is 36.4 Å². The van der Waals surface area contributed by atoms with Crippen molar-refractivity contribution in [3.05, 3.63) is 96.1 Å². The molecule has 2 aliphatic heterocycles. The largest absolute Gasteiger partial charge is 0.490 e. The summed E-state index contributed by atoms with van der Waals surface area (Å²) in [6.07, 6.45) is 2.47. The Hall–Kier alpha value is -3.90. The van der Waals surface area contributed by atoms with Crippen LogP contribution in [0, 0.1) is 0 Å². The van der Waals surface area contributed by atoms with E-state index in [0.29, 0.717) is 12.2 Å². The van der Waals surface area contributed by atoms with Crippen molar-refractivity contribution < 1.29 is 14.3 Å². The van der Waals surface area contributed by atoms with E-state index >= 15 is 0 Å². The van der Waals surface area contributed by atoms with Crippen LogP contribution in [0.1, 0.15) is 21.5 Å². The standard InChI is InChI=1S/C28H27N3O3/c1-2-15-34-25-11-12-26-22(18-25)19-27(30-26)20-3-5-21(6-4-20)28(32)29-23-7-9-24(10-8-23)31-13-16-33-17-14-31/h2-12,18H,1,13-17,19H2,(H,29,32). The van der Waals surface area contributed by atoms with Crippen LogP contribution in [-0.2, 0) is 11.2 Å². The predicted octanol–water partition coefficient (Wildman–Crippen LogP) is 5.02. The van der Waals surface area contributed by atoms with Gasteiger partial charge in [-0.25, -0.2) is 0 Å². The van der Waals surface area contributed by atoms with Gasteiger partial charge in [-0.05, 0) is 65.7 Å². The molecule has 6 heteroatoms. The number of ether oxygens (including phenoxy) is 2. The van der Waals surface area contributed by atoms with Crippen LogP contribution in [0.25, 0.3) is 0 Å². The lowest BCUT2D eigenvalue weighted by Gasteiger charge is -2.28. The molecule has 0 radical (unpaired) electrons. The number of carbonyl (C=O) groups excluding carboxylic acids is 1. The van der Waals surface area contributed by atoms with Crippen molar-refractivity contribution in [2.75, 3.05) is 43.1 Å². The monoisotopic (exact) mass is 453 g/mol. The second-order valence-corrected chi connectivity index (χ2v) is 8.30. The van der Waals surface area contributed by atoms with Crippen molar-refractivity contribution in [3.8, 4) is 5.75 Å². The molecule has 1 saturated heterocycles. The number of hydrogen-bond donors (Lipinski definition) is 1. The van der Waals surface area contributed by atoms with Crippen LogP contribution in [0.4, 0.5) is 17.1 Å². The topological polar surface area (TPSA) is 63.2 Å². The lowest BCUT2D eigenvalue weighted by Crippen LogP contribution is -2.36. The molecule has 0 aliphatic carbocycles. The minimum Gasteiger partial charge on any atom is -0.490 e. The van der Waals surface area contributed by atoms with E-state index in [2.05, 4.69) is 16.8 Å². The van der Waals surface area contributed by atoms with Gasteiger partial charge in [0.25, 0.3) is 5.91 Å². The van der Waals surface area contributed by atoms with E-state index < -0.39 is 0 Å². The van der Waals surface area contributed by atoms with Gasteiger partial charge in [0.15, 0.2) is 0 Å². The average molecular weight is 454 g/mol. The van der Waals surface area contributed by atoms with Crippen LogP contribution < -0.4 is 15.0 Å². The number of carbonyl (C=O) groups is 1. The first-order valence-corrected chi connectivity index (χ1v) is 11.5. The molecule has 1 amide bonds. The first-order valence-electron chi connectivity index (χ1n) is 11.5. The predicted molar refractivity (Wildman–Crippen MR) is 136 cm³/mol. The molecule has 2 heterocycles. The van der Waals surface area contributed by atoms with Crippen LogP contribution in [0.15, 0.2) is 84.4 Å². The Kier molecular flexibility index (Phi) is 6.40. The first kappa shape index (κ1) is 21.9. The maximum Gasteiger partial charge on any atom is 0.255 e. The number of amides is 1. The third-order valence-corrected chi connectivity index (χ3v) is 6.01. The molecular formula is C28H27N3O3. The zero-order valence-electron chi connectivity index (χ0n) is 19.0. The second-order valence-electron chi connectivity index (χ2n) is 8.30. The minimum absolute atomic E-state index is 0.133. The average Bonchev–Trinajstić information content (AvgIpc) is 3.32. The van der Waals surface area contributed by atoms with E-state index in [1.165, 1.54) is 0 Å². The van der Waals surface area contributed by atoms with E-state index in [-0.39, 0.29) is 5.91 Å². The number of nitrogens with zero attached hydrogens (tertiary/aromatic N) is 2. The number of rotatable bonds is 7. The summed E-state index contributed by atoms with van der Waals surface area (Å²) in [5.74, 6) is 0.687. The molecule has 0 bridgehead atoms. The van der Waals surface area contributed by atoms with Crippen LogP contribution in [0.5, 0.6) is 5.75 Å². The fourth-order valence-electron chi connectivity index (χ4n) is 4.18. The number of aliphatic imine (C=N–C) groups is 1. The van der Waals surface area contributed by atoms with E-state index in [9.17, 15) is 4.79 Å². The summed E-state index contributed by atoms with van der Waals surface area (Å²) in [4.78, 5) is 19.8. The van der Waals surface area contributed by atoms with E-state index in [1.807, 2.05) is 66.7 Å². The Morgan fingerprint density at radius 1 is 1.06 bits per heavy atom. The Labute approximate surface area is 199 Å². The van der Waals surface area contributed by atoms with Crippen molar-refractivity contribution in [1.82, 2.24) is 0 Å². The zero-order chi connectivity index (χ0) is 23.3. The maximum atomic E-state index is 12.7. The molecule has 0 aromatic heterocycles. The van der Waals surface area contributed by atoms with E-state index in [1.54, 1.807) is 6.08 Å². The van der Waals surface area contributed by atoms with Gasteiger partial charge >= 0.3 is 0 Å². The highest BCUT2D eigenvalue weighted by Crippen LogP contribution is 2.32. The van der Waals surface area contributed by atoms with Crippen molar-refractivity contribution >= 4 is 28.7 Å². The smallest absolute Gasteiger partial charge is 0.255 e. The zero-order valence-corrected chi connectivity index (χ0v) is 19.0. The van der Waals surface area contributed by atoms with Crippen LogP contribution in [0.2, 0.25) is 0 Å². The molecule has 3 aromatic rings. The van der Waals surface area contributed by atoms with E-state index in [4.69, 9.17) is 14.5 Å². The van der Waals surface area contributed by atoms with Gasteiger partial charge in [0.2, 0.25) is 0 Å².